The second-order valence-corrected chi connectivity index (χ2v) is 4.41. The number of esters is 1. The summed E-state index contributed by atoms with van der Waals surface area (Å²) >= 11 is 0. The highest BCUT2D eigenvalue weighted by molar-refractivity contribution is 5.81. The number of benzene rings is 1. The maximum absolute atomic E-state index is 11.9. The minimum absolute atomic E-state index is 0.267. The van der Waals surface area contributed by atoms with Crippen LogP contribution in [0.2, 0.25) is 0 Å². The van der Waals surface area contributed by atoms with Crippen LogP contribution in [0.15, 0.2) is 30.3 Å². The molecule has 1 aromatic carbocycles. The zero-order valence-electron chi connectivity index (χ0n) is 10.5. The van der Waals surface area contributed by atoms with E-state index in [4.69, 9.17) is 4.74 Å². The average Bonchev–Trinajstić information content (AvgIpc) is 2.42. The van der Waals surface area contributed by atoms with Gasteiger partial charge in [-0.05, 0) is 5.56 Å². The van der Waals surface area contributed by atoms with Gasteiger partial charge in [-0.15, -0.1) is 0 Å². The van der Waals surface area contributed by atoms with Crippen LogP contribution in [0.5, 0.6) is 0 Å². The second kappa shape index (κ2) is 5.78. The molecule has 2 rings (SSSR count). The van der Waals surface area contributed by atoms with Gasteiger partial charge in [0.05, 0.1) is 7.11 Å². The van der Waals surface area contributed by atoms with Gasteiger partial charge in [-0.1, -0.05) is 30.3 Å². The molecule has 1 saturated heterocycles. The second-order valence-electron chi connectivity index (χ2n) is 4.41. The Kier molecular flexibility index (Phi) is 4.10. The smallest absolute Gasteiger partial charge is 0.327 e. The number of likely N-dealkylation sites (tertiary alicyclic amines) is 1. The molecule has 4 nitrogen and oxygen atoms in total. The number of carbonyl (C=O) groups is 2. The average molecular weight is 247 g/mol. The van der Waals surface area contributed by atoms with Gasteiger partial charge in [0.25, 0.3) is 0 Å². The van der Waals surface area contributed by atoms with Crippen LogP contribution in [-0.2, 0) is 14.3 Å². The monoisotopic (exact) mass is 247 g/mol. The van der Waals surface area contributed by atoms with E-state index in [1.165, 1.54) is 7.11 Å². The van der Waals surface area contributed by atoms with Crippen molar-refractivity contribution in [1.82, 2.24) is 4.90 Å². The molecule has 0 bridgehead atoms. The molecular weight excluding hydrogens is 230 g/mol. The van der Waals surface area contributed by atoms with E-state index in [0.29, 0.717) is 25.9 Å². The molecule has 4 heteroatoms. The maximum Gasteiger partial charge on any atom is 0.327 e. The number of rotatable bonds is 3. The number of Topliss-reactive ketones (excluding diaryl/α,β-unsaturated/α-hetero) is 1. The number of ketones is 1. The molecule has 0 saturated carbocycles. The lowest BCUT2D eigenvalue weighted by atomic mass is 10.0. The Morgan fingerprint density at radius 1 is 1.22 bits per heavy atom. The van der Waals surface area contributed by atoms with Crippen molar-refractivity contribution in [1.29, 1.82) is 0 Å². The maximum atomic E-state index is 11.9. The number of methoxy groups -OCH3 is 1. The van der Waals surface area contributed by atoms with Crippen LogP contribution in [0.3, 0.4) is 0 Å². The topological polar surface area (TPSA) is 46.6 Å². The van der Waals surface area contributed by atoms with E-state index in [1.54, 1.807) is 0 Å². The zero-order chi connectivity index (χ0) is 13.0. The van der Waals surface area contributed by atoms with Crippen LogP contribution in [0.4, 0.5) is 0 Å². The Hall–Kier alpha value is -1.68. The number of piperidine rings is 1. The predicted molar refractivity (Wildman–Crippen MR) is 67.0 cm³/mol. The fraction of sp³-hybridized carbons (Fsp3) is 0.429. The Balaban J connectivity index is 2.21. The number of ether oxygens (including phenoxy) is 1. The molecule has 1 aliphatic heterocycles. The molecule has 1 unspecified atom stereocenters. The van der Waals surface area contributed by atoms with Gasteiger partial charge < -0.3 is 4.74 Å². The third-order valence-corrected chi connectivity index (χ3v) is 3.26. The standard InChI is InChI=1S/C14H17NO3/c1-18-14(17)13(11-5-3-2-4-6-11)15-9-7-12(16)8-10-15/h2-6,13H,7-10H2,1H3. The van der Waals surface area contributed by atoms with E-state index >= 15 is 0 Å². The third kappa shape index (κ3) is 2.76. The van der Waals surface area contributed by atoms with Crippen LogP contribution in [-0.4, -0.2) is 36.9 Å². The summed E-state index contributed by atoms with van der Waals surface area (Å²) in [5, 5.41) is 0. The van der Waals surface area contributed by atoms with Crippen molar-refractivity contribution in [3.8, 4) is 0 Å². The Morgan fingerprint density at radius 2 is 1.83 bits per heavy atom. The summed E-state index contributed by atoms with van der Waals surface area (Å²) < 4.78 is 4.88. The van der Waals surface area contributed by atoms with Gasteiger partial charge in [-0.2, -0.15) is 0 Å². The molecule has 18 heavy (non-hydrogen) atoms. The first-order chi connectivity index (χ1) is 8.72. The van der Waals surface area contributed by atoms with E-state index in [0.717, 1.165) is 5.56 Å². The molecule has 1 atom stereocenters. The lowest BCUT2D eigenvalue weighted by molar-refractivity contribution is -0.148. The Labute approximate surface area is 107 Å². The Bertz CT molecular complexity index is 420. The van der Waals surface area contributed by atoms with Crippen molar-refractivity contribution in [2.24, 2.45) is 0 Å². The predicted octanol–water partition coefficient (Wildman–Crippen LogP) is 1.57. The SMILES string of the molecule is COC(=O)C(c1ccccc1)N1CCC(=O)CC1. The third-order valence-electron chi connectivity index (χ3n) is 3.26. The summed E-state index contributed by atoms with van der Waals surface area (Å²) in [6, 6.07) is 9.15. The van der Waals surface area contributed by atoms with Crippen molar-refractivity contribution < 1.29 is 14.3 Å². The summed E-state index contributed by atoms with van der Waals surface area (Å²) in [4.78, 5) is 25.2. The minimum Gasteiger partial charge on any atom is -0.468 e. The lowest BCUT2D eigenvalue weighted by Crippen LogP contribution is -2.40. The molecule has 0 spiro atoms. The first-order valence-corrected chi connectivity index (χ1v) is 6.11. The molecule has 1 aromatic rings. The van der Waals surface area contributed by atoms with E-state index in [-0.39, 0.29) is 11.8 Å². The fourth-order valence-corrected chi connectivity index (χ4v) is 2.27. The van der Waals surface area contributed by atoms with Crippen LogP contribution in [0.1, 0.15) is 24.4 Å². The summed E-state index contributed by atoms with van der Waals surface area (Å²) in [7, 11) is 1.40. The first-order valence-electron chi connectivity index (χ1n) is 6.11. The van der Waals surface area contributed by atoms with Gasteiger partial charge in [-0.3, -0.25) is 9.69 Å². The molecule has 0 aliphatic carbocycles. The van der Waals surface area contributed by atoms with Gasteiger partial charge in [0.15, 0.2) is 0 Å². The number of hydrogen-bond acceptors (Lipinski definition) is 4. The van der Waals surface area contributed by atoms with Crippen molar-refractivity contribution in [2.45, 2.75) is 18.9 Å². The van der Waals surface area contributed by atoms with Crippen molar-refractivity contribution in [3.63, 3.8) is 0 Å². The molecular formula is C14H17NO3. The quantitative estimate of drug-likeness (QED) is 0.761. The molecule has 1 aliphatic rings. The van der Waals surface area contributed by atoms with Gasteiger partial charge in [0, 0.05) is 25.9 Å². The van der Waals surface area contributed by atoms with Crippen molar-refractivity contribution in [2.75, 3.05) is 20.2 Å². The number of nitrogens with zero attached hydrogens (tertiary/aromatic N) is 1. The molecule has 0 radical (unpaired) electrons. The molecule has 1 fully saturated rings. The fourth-order valence-electron chi connectivity index (χ4n) is 2.27. The van der Waals surface area contributed by atoms with Crippen LogP contribution >= 0.6 is 0 Å². The van der Waals surface area contributed by atoms with E-state index < -0.39 is 6.04 Å². The normalized spacial score (nSPS) is 18.4. The summed E-state index contributed by atoms with van der Waals surface area (Å²) in [6.07, 6.45) is 1.03. The Morgan fingerprint density at radius 3 is 2.39 bits per heavy atom. The van der Waals surface area contributed by atoms with Crippen LogP contribution in [0.25, 0.3) is 0 Å². The highest BCUT2D eigenvalue weighted by atomic mass is 16.5. The summed E-state index contributed by atoms with van der Waals surface area (Å²) in [5.41, 5.74) is 0.915. The molecule has 1 heterocycles. The molecule has 0 amide bonds. The van der Waals surface area contributed by atoms with E-state index in [2.05, 4.69) is 0 Å². The largest absolute Gasteiger partial charge is 0.468 e. The number of hydrogen-bond donors (Lipinski definition) is 0. The summed E-state index contributed by atoms with van der Waals surface area (Å²) in [6.45, 7) is 1.24. The van der Waals surface area contributed by atoms with E-state index in [1.807, 2.05) is 35.2 Å². The van der Waals surface area contributed by atoms with Crippen molar-refractivity contribution >= 4 is 11.8 Å². The highest BCUT2D eigenvalue weighted by Crippen LogP contribution is 2.24. The van der Waals surface area contributed by atoms with E-state index in [9.17, 15) is 9.59 Å². The van der Waals surface area contributed by atoms with Crippen LogP contribution in [0, 0.1) is 0 Å². The lowest BCUT2D eigenvalue weighted by Gasteiger charge is -2.32. The molecule has 0 N–H and O–H groups in total. The first kappa shape index (κ1) is 12.8. The summed E-state index contributed by atoms with van der Waals surface area (Å²) in [5.74, 6) is -0.00141. The van der Waals surface area contributed by atoms with Gasteiger partial charge >= 0.3 is 5.97 Å². The molecule has 96 valence electrons. The van der Waals surface area contributed by atoms with Crippen LogP contribution < -0.4 is 0 Å². The van der Waals surface area contributed by atoms with Gasteiger partial charge in [-0.25, -0.2) is 4.79 Å². The van der Waals surface area contributed by atoms with Crippen molar-refractivity contribution in [3.05, 3.63) is 35.9 Å². The van der Waals surface area contributed by atoms with Gasteiger partial charge in [0.1, 0.15) is 11.8 Å². The molecule has 0 aromatic heterocycles. The zero-order valence-corrected chi connectivity index (χ0v) is 10.5. The number of carbonyl (C=O) groups excluding carboxylic acids is 2. The minimum atomic E-state index is -0.399. The van der Waals surface area contributed by atoms with Gasteiger partial charge in [0.2, 0.25) is 0 Å². The highest BCUT2D eigenvalue weighted by Gasteiger charge is 2.30.